The third kappa shape index (κ3) is 4.33. The van der Waals surface area contributed by atoms with E-state index in [9.17, 15) is 19.8 Å². The summed E-state index contributed by atoms with van der Waals surface area (Å²) < 4.78 is 10.5. The molecule has 2 aliphatic rings. The fraction of sp³-hybridized carbons (Fsp3) is 0.889. The fourth-order valence-corrected chi connectivity index (χ4v) is 3.49. The van der Waals surface area contributed by atoms with Crippen molar-refractivity contribution in [2.24, 2.45) is 11.8 Å². The average Bonchev–Trinajstić information content (AvgIpc) is 3.14. The van der Waals surface area contributed by atoms with E-state index in [2.05, 4.69) is 4.90 Å². The second kappa shape index (κ2) is 8.01. The molecule has 0 amide bonds. The molecule has 2 N–H and O–H groups in total. The van der Waals surface area contributed by atoms with Crippen molar-refractivity contribution in [1.29, 1.82) is 0 Å². The summed E-state index contributed by atoms with van der Waals surface area (Å²) >= 11 is 0. The van der Waals surface area contributed by atoms with Crippen LogP contribution in [-0.2, 0) is 19.1 Å². The number of nitrogens with zero attached hydrogens (tertiary/aromatic N) is 1. The Bertz CT molecular complexity index is 494. The van der Waals surface area contributed by atoms with Crippen molar-refractivity contribution in [2.75, 3.05) is 19.7 Å². The van der Waals surface area contributed by atoms with Crippen molar-refractivity contribution in [3.05, 3.63) is 0 Å². The molecule has 144 valence electrons. The van der Waals surface area contributed by atoms with Crippen LogP contribution < -0.4 is 0 Å². The predicted octanol–water partition coefficient (Wildman–Crippen LogP) is 0.714. The standard InChI is InChI=1S/C18H31NO6/c1-5-11(2)16(21)25-12(3)18(4,23)17(22)24-10-13-6-8-19-9-7-14(20)15(13)19/h11-15,20,23H,5-10H2,1-4H3/t11?,12-,13-,14-,15-,18-/m1/s1. The van der Waals surface area contributed by atoms with Crippen molar-refractivity contribution in [1.82, 2.24) is 4.90 Å². The quantitative estimate of drug-likeness (QED) is 0.648. The van der Waals surface area contributed by atoms with Gasteiger partial charge in [0.05, 0.1) is 18.6 Å². The molecule has 0 spiro atoms. The van der Waals surface area contributed by atoms with Gasteiger partial charge in [0.1, 0.15) is 6.10 Å². The third-order valence-electron chi connectivity index (χ3n) is 5.74. The normalized spacial score (nSPS) is 31.0. The molecule has 0 aliphatic carbocycles. The van der Waals surface area contributed by atoms with Gasteiger partial charge in [0.25, 0.3) is 0 Å². The number of hydrogen-bond acceptors (Lipinski definition) is 7. The maximum absolute atomic E-state index is 12.3. The van der Waals surface area contributed by atoms with Crippen LogP contribution in [0.4, 0.5) is 0 Å². The molecule has 25 heavy (non-hydrogen) atoms. The number of rotatable bonds is 7. The first-order valence-corrected chi connectivity index (χ1v) is 9.20. The van der Waals surface area contributed by atoms with Crippen LogP contribution in [0.25, 0.3) is 0 Å². The minimum absolute atomic E-state index is 0.0263. The molecular formula is C18H31NO6. The van der Waals surface area contributed by atoms with E-state index >= 15 is 0 Å². The summed E-state index contributed by atoms with van der Waals surface area (Å²) in [6, 6.07) is 0.0263. The predicted molar refractivity (Wildman–Crippen MR) is 90.7 cm³/mol. The van der Waals surface area contributed by atoms with Crippen LogP contribution in [0.15, 0.2) is 0 Å². The topological polar surface area (TPSA) is 96.3 Å². The number of fused-ring (bicyclic) bond motifs is 1. The van der Waals surface area contributed by atoms with Crippen LogP contribution in [0.5, 0.6) is 0 Å². The van der Waals surface area contributed by atoms with Gasteiger partial charge in [-0.25, -0.2) is 4.79 Å². The Morgan fingerprint density at radius 1 is 1.28 bits per heavy atom. The molecular weight excluding hydrogens is 326 g/mol. The van der Waals surface area contributed by atoms with Crippen molar-refractivity contribution in [3.63, 3.8) is 0 Å². The molecule has 2 saturated heterocycles. The number of esters is 2. The zero-order valence-electron chi connectivity index (χ0n) is 15.6. The summed E-state index contributed by atoms with van der Waals surface area (Å²) in [5.74, 6) is -1.47. The number of carbonyl (C=O) groups excluding carboxylic acids is 2. The van der Waals surface area contributed by atoms with Crippen molar-refractivity contribution in [3.8, 4) is 0 Å². The Hall–Kier alpha value is -1.18. The zero-order chi connectivity index (χ0) is 18.8. The molecule has 1 unspecified atom stereocenters. The lowest BCUT2D eigenvalue weighted by molar-refractivity contribution is -0.186. The molecule has 0 aromatic carbocycles. The maximum atomic E-state index is 12.3. The first-order valence-electron chi connectivity index (χ1n) is 9.20. The Morgan fingerprint density at radius 2 is 1.92 bits per heavy atom. The molecule has 6 atom stereocenters. The Balaban J connectivity index is 1.87. The van der Waals surface area contributed by atoms with E-state index in [-0.39, 0.29) is 30.6 Å². The Morgan fingerprint density at radius 3 is 2.56 bits per heavy atom. The van der Waals surface area contributed by atoms with E-state index in [1.165, 1.54) is 13.8 Å². The first-order chi connectivity index (χ1) is 11.7. The summed E-state index contributed by atoms with van der Waals surface area (Å²) in [6.45, 7) is 8.31. The van der Waals surface area contributed by atoms with Gasteiger partial charge < -0.3 is 19.7 Å². The minimum Gasteiger partial charge on any atom is -0.463 e. The smallest absolute Gasteiger partial charge is 0.341 e. The molecule has 2 aliphatic heterocycles. The largest absolute Gasteiger partial charge is 0.463 e. The van der Waals surface area contributed by atoms with Crippen LogP contribution in [-0.4, -0.2) is 70.6 Å². The minimum atomic E-state index is -1.91. The van der Waals surface area contributed by atoms with E-state index < -0.39 is 23.6 Å². The second-order valence-electron chi connectivity index (χ2n) is 7.57. The lowest BCUT2D eigenvalue weighted by atomic mass is 9.97. The van der Waals surface area contributed by atoms with Crippen molar-refractivity contribution < 1.29 is 29.3 Å². The van der Waals surface area contributed by atoms with Crippen LogP contribution in [0.1, 0.15) is 47.0 Å². The number of ether oxygens (including phenoxy) is 2. The van der Waals surface area contributed by atoms with E-state index in [4.69, 9.17) is 9.47 Å². The molecule has 0 saturated carbocycles. The molecule has 7 heteroatoms. The highest BCUT2D eigenvalue weighted by Gasteiger charge is 2.45. The Labute approximate surface area is 149 Å². The molecule has 7 nitrogen and oxygen atoms in total. The van der Waals surface area contributed by atoms with Crippen LogP contribution in [0.3, 0.4) is 0 Å². The number of aliphatic hydroxyl groups excluding tert-OH is 1. The average molecular weight is 357 g/mol. The van der Waals surface area contributed by atoms with Gasteiger partial charge in [0.2, 0.25) is 0 Å². The molecule has 2 heterocycles. The summed E-state index contributed by atoms with van der Waals surface area (Å²) in [5.41, 5.74) is -1.91. The van der Waals surface area contributed by atoms with Crippen LogP contribution in [0, 0.1) is 11.8 Å². The zero-order valence-corrected chi connectivity index (χ0v) is 15.6. The van der Waals surface area contributed by atoms with Gasteiger partial charge >= 0.3 is 11.9 Å². The Kier molecular flexibility index (Phi) is 6.45. The van der Waals surface area contributed by atoms with E-state index in [0.29, 0.717) is 6.42 Å². The number of carbonyl (C=O) groups is 2. The van der Waals surface area contributed by atoms with Crippen LogP contribution in [0.2, 0.25) is 0 Å². The summed E-state index contributed by atoms with van der Waals surface area (Å²) in [6.07, 6.45) is 0.839. The lowest BCUT2D eigenvalue weighted by Gasteiger charge is -2.29. The SMILES string of the molecule is CCC(C)C(=O)O[C@H](C)[C@@](C)(O)C(=O)OC[C@H]1CCN2CC[C@@H](O)[C@@H]12. The fourth-order valence-electron chi connectivity index (χ4n) is 3.49. The van der Waals surface area contributed by atoms with E-state index in [1.807, 2.05) is 6.92 Å². The van der Waals surface area contributed by atoms with Gasteiger partial charge in [0.15, 0.2) is 5.60 Å². The first kappa shape index (κ1) is 20.1. The van der Waals surface area contributed by atoms with Gasteiger partial charge in [-0.3, -0.25) is 9.69 Å². The number of hydrogen-bond donors (Lipinski definition) is 2. The van der Waals surface area contributed by atoms with Gasteiger partial charge in [-0.05, 0) is 39.7 Å². The van der Waals surface area contributed by atoms with Crippen molar-refractivity contribution in [2.45, 2.75) is 70.8 Å². The molecule has 0 radical (unpaired) electrons. The lowest BCUT2D eigenvalue weighted by Crippen LogP contribution is -2.49. The highest BCUT2D eigenvalue weighted by molar-refractivity contribution is 5.80. The highest BCUT2D eigenvalue weighted by Crippen LogP contribution is 2.33. The van der Waals surface area contributed by atoms with Gasteiger partial charge in [-0.15, -0.1) is 0 Å². The van der Waals surface area contributed by atoms with E-state index in [1.54, 1.807) is 6.92 Å². The van der Waals surface area contributed by atoms with Gasteiger partial charge in [-0.1, -0.05) is 13.8 Å². The van der Waals surface area contributed by atoms with Gasteiger partial charge in [0, 0.05) is 18.5 Å². The summed E-state index contributed by atoms with van der Waals surface area (Å²) in [5, 5.41) is 20.5. The monoisotopic (exact) mass is 357 g/mol. The molecule has 2 fully saturated rings. The molecule has 2 rings (SSSR count). The molecule has 0 aromatic rings. The third-order valence-corrected chi connectivity index (χ3v) is 5.74. The second-order valence-corrected chi connectivity index (χ2v) is 7.57. The number of aliphatic hydroxyl groups is 2. The van der Waals surface area contributed by atoms with Crippen molar-refractivity contribution >= 4 is 11.9 Å². The van der Waals surface area contributed by atoms with Crippen LogP contribution >= 0.6 is 0 Å². The summed E-state index contributed by atoms with van der Waals surface area (Å²) in [7, 11) is 0. The maximum Gasteiger partial charge on any atom is 0.341 e. The van der Waals surface area contributed by atoms with E-state index in [0.717, 1.165) is 25.9 Å². The molecule has 0 bridgehead atoms. The summed E-state index contributed by atoms with van der Waals surface area (Å²) in [4.78, 5) is 26.4. The molecule has 0 aromatic heterocycles. The highest BCUT2D eigenvalue weighted by atomic mass is 16.6. The van der Waals surface area contributed by atoms with Gasteiger partial charge in [-0.2, -0.15) is 0 Å².